The van der Waals surface area contributed by atoms with E-state index in [4.69, 9.17) is 10.3 Å². The maximum absolute atomic E-state index is 12.9. The minimum atomic E-state index is -0.969. The van der Waals surface area contributed by atoms with Crippen molar-refractivity contribution in [2.24, 2.45) is 0 Å². The average molecular weight is 404 g/mol. The van der Waals surface area contributed by atoms with Crippen molar-refractivity contribution in [1.29, 1.82) is 5.53 Å². The Morgan fingerprint density at radius 2 is 1.83 bits per heavy atom. The minimum absolute atomic E-state index is 0.0299. The number of likely N-dealkylation sites (N-methyl/N-ethyl adjacent to an activating group) is 1. The summed E-state index contributed by atoms with van der Waals surface area (Å²) < 4.78 is 5.40. The normalized spacial score (nSPS) is 13.2. The van der Waals surface area contributed by atoms with Gasteiger partial charge in [0.2, 0.25) is 11.7 Å². The number of hydrogen-bond donors (Lipinski definition) is 2. The summed E-state index contributed by atoms with van der Waals surface area (Å²) in [6.45, 7) is 5.21. The monoisotopic (exact) mass is 403 g/mol. The van der Waals surface area contributed by atoms with Gasteiger partial charge >= 0.3 is 12.2 Å². The zero-order valence-corrected chi connectivity index (χ0v) is 17.8. The van der Waals surface area contributed by atoms with Crippen molar-refractivity contribution in [3.05, 3.63) is 35.9 Å². The Balaban J connectivity index is 2.94. The van der Waals surface area contributed by atoms with Crippen molar-refractivity contribution < 1.29 is 23.9 Å². The van der Waals surface area contributed by atoms with Crippen LogP contribution >= 0.6 is 0 Å². The van der Waals surface area contributed by atoms with Crippen LogP contribution in [0.25, 0.3) is 0 Å². The highest BCUT2D eigenvalue weighted by Gasteiger charge is 2.30. The minimum Gasteiger partial charge on any atom is -0.458 e. The fourth-order valence-electron chi connectivity index (χ4n) is 2.66. The van der Waals surface area contributed by atoms with Crippen LogP contribution in [0.15, 0.2) is 30.3 Å². The van der Waals surface area contributed by atoms with E-state index in [0.717, 1.165) is 11.8 Å². The van der Waals surface area contributed by atoms with Gasteiger partial charge in [-0.25, -0.2) is 4.79 Å². The van der Waals surface area contributed by atoms with Gasteiger partial charge in [0.25, 0.3) is 0 Å². The quantitative estimate of drug-likeness (QED) is 0.267. The summed E-state index contributed by atoms with van der Waals surface area (Å²) in [7, 11) is 3.59. The van der Waals surface area contributed by atoms with E-state index in [1.54, 1.807) is 39.8 Å². The summed E-state index contributed by atoms with van der Waals surface area (Å²) in [5.74, 6) is -1.31. The van der Waals surface area contributed by atoms with Gasteiger partial charge in [-0.3, -0.25) is 14.5 Å². The van der Waals surface area contributed by atoms with Crippen LogP contribution in [0.5, 0.6) is 0 Å². The van der Waals surface area contributed by atoms with E-state index in [0.29, 0.717) is 6.42 Å². The third-order valence-corrected chi connectivity index (χ3v) is 4.09. The zero-order valence-electron chi connectivity index (χ0n) is 17.8. The van der Waals surface area contributed by atoms with Crippen LogP contribution < -0.4 is 5.32 Å². The van der Waals surface area contributed by atoms with Crippen LogP contribution in [0, 0.1) is 5.53 Å². The summed E-state index contributed by atoms with van der Waals surface area (Å²) in [6.07, 6.45) is 1.39. The number of nitrogens with one attached hydrogen (secondary N) is 2. The van der Waals surface area contributed by atoms with Crippen LogP contribution in [-0.4, -0.2) is 65.3 Å². The number of carbonyl (C=O) groups excluding carboxylic acids is 3. The second-order valence-electron chi connectivity index (χ2n) is 8.03. The molecule has 1 rings (SSSR count). The third-order valence-electron chi connectivity index (χ3n) is 4.09. The summed E-state index contributed by atoms with van der Waals surface area (Å²) in [6, 6.07) is 8.13. The molecule has 0 saturated heterocycles. The number of nitrogens with zero attached hydrogens (tertiary/aromatic N) is 2. The van der Waals surface area contributed by atoms with Crippen molar-refractivity contribution in [3.8, 4) is 0 Å². The molecule has 0 radical (unpaired) electrons. The number of ketones is 1. The van der Waals surface area contributed by atoms with Gasteiger partial charge in [0.1, 0.15) is 11.6 Å². The molecule has 0 spiro atoms. The fraction of sp³-hybridized carbons (Fsp3) is 0.524. The molecule has 158 valence electrons. The number of Topliss-reactive ketones (excluding diaryl/α,β-unsaturated/α-hetero) is 1. The highest BCUT2D eigenvalue weighted by molar-refractivity contribution is 6.25. The molecule has 0 aromatic heterocycles. The van der Waals surface area contributed by atoms with E-state index in [-0.39, 0.29) is 18.7 Å². The largest absolute Gasteiger partial charge is 0.458 e. The van der Waals surface area contributed by atoms with Crippen molar-refractivity contribution in [2.75, 3.05) is 14.1 Å². The lowest BCUT2D eigenvalue weighted by Gasteiger charge is -2.28. The first-order valence-electron chi connectivity index (χ1n) is 9.49. The van der Waals surface area contributed by atoms with Gasteiger partial charge in [-0.15, -0.1) is 0 Å². The van der Waals surface area contributed by atoms with Crippen LogP contribution in [0.3, 0.4) is 0 Å². The lowest BCUT2D eigenvalue weighted by Crippen LogP contribution is -2.51. The van der Waals surface area contributed by atoms with Gasteiger partial charge in [0.15, 0.2) is 0 Å². The summed E-state index contributed by atoms with van der Waals surface area (Å²) in [4.78, 5) is 41.9. The Morgan fingerprint density at radius 1 is 1.21 bits per heavy atom. The first kappa shape index (κ1) is 24.2. The molecule has 0 aliphatic rings. The lowest BCUT2D eigenvalue weighted by molar-refractivity contribution is -0.159. The van der Waals surface area contributed by atoms with Gasteiger partial charge in [0.05, 0.1) is 16.4 Å². The van der Waals surface area contributed by atoms with Crippen LogP contribution in [0.1, 0.15) is 39.2 Å². The molecular formula is C21H31N4O4+. The molecule has 1 aromatic carbocycles. The van der Waals surface area contributed by atoms with E-state index >= 15 is 0 Å². The van der Waals surface area contributed by atoms with E-state index in [2.05, 4.69) is 10.1 Å². The number of hydrogen-bond acceptors (Lipinski definition) is 6. The fourth-order valence-corrected chi connectivity index (χ4v) is 2.66. The predicted molar refractivity (Wildman–Crippen MR) is 109 cm³/mol. The van der Waals surface area contributed by atoms with Gasteiger partial charge in [-0.2, -0.15) is 0 Å². The van der Waals surface area contributed by atoms with Crippen molar-refractivity contribution in [3.63, 3.8) is 0 Å². The van der Waals surface area contributed by atoms with Crippen LogP contribution in [-0.2, 0) is 25.5 Å². The Hall–Kier alpha value is -2.83. The SMILES string of the molecule is CN(C)[C@@H](Cc1ccccc1)C(=O)N[C@@H](CCC(=O)C=[N+]=N)C(=O)OC(C)(C)C. The molecular weight excluding hydrogens is 372 g/mol. The van der Waals surface area contributed by atoms with Crippen LogP contribution in [0.4, 0.5) is 0 Å². The maximum atomic E-state index is 12.9. The molecule has 0 saturated carbocycles. The molecule has 0 fully saturated rings. The Kier molecular flexibility index (Phi) is 9.38. The number of benzene rings is 1. The molecule has 2 N–H and O–H groups in total. The van der Waals surface area contributed by atoms with Crippen molar-refractivity contribution >= 4 is 23.9 Å². The average Bonchev–Trinajstić information content (AvgIpc) is 2.62. The second-order valence-corrected chi connectivity index (χ2v) is 8.03. The summed E-state index contributed by atoms with van der Waals surface area (Å²) >= 11 is 0. The molecule has 1 aromatic rings. The summed E-state index contributed by atoms with van der Waals surface area (Å²) in [5.41, 5.74) is 7.00. The molecule has 29 heavy (non-hydrogen) atoms. The Labute approximate surface area is 171 Å². The maximum Gasteiger partial charge on any atom is 0.372 e. The molecule has 0 aliphatic carbocycles. The van der Waals surface area contributed by atoms with Gasteiger partial charge in [-0.05, 0) is 53.3 Å². The standard InChI is InChI=1S/C21H30N4O4/c1-21(2,3)29-20(28)17(12-11-16(26)14-23-22)24-19(27)18(25(4)5)13-15-9-7-6-8-10-15/h6-10,14,17-18,22H,11-13H2,1-5H3/p+1/t17-,18-/m0/s1. The van der Waals surface area contributed by atoms with E-state index in [1.807, 2.05) is 30.3 Å². The highest BCUT2D eigenvalue weighted by Crippen LogP contribution is 2.13. The smallest absolute Gasteiger partial charge is 0.372 e. The van der Waals surface area contributed by atoms with Gasteiger partial charge < -0.3 is 10.1 Å². The number of ether oxygens (including phenoxy) is 1. The predicted octanol–water partition coefficient (Wildman–Crippen LogP) is 1.65. The molecule has 8 nitrogen and oxygen atoms in total. The number of carbonyl (C=O) groups is 3. The van der Waals surface area contributed by atoms with Gasteiger partial charge in [0, 0.05) is 6.42 Å². The first-order valence-corrected chi connectivity index (χ1v) is 9.49. The van der Waals surface area contributed by atoms with Crippen LogP contribution in [0.2, 0.25) is 0 Å². The molecule has 0 bridgehead atoms. The second kappa shape index (κ2) is 11.2. The molecule has 1 amide bonds. The number of esters is 1. The Bertz CT molecular complexity index is 750. The number of rotatable bonds is 10. The zero-order chi connectivity index (χ0) is 22.0. The Morgan fingerprint density at radius 3 is 2.34 bits per heavy atom. The van der Waals surface area contributed by atoms with Crippen molar-refractivity contribution in [1.82, 2.24) is 10.2 Å². The van der Waals surface area contributed by atoms with Gasteiger partial charge in [-0.1, -0.05) is 30.3 Å². The summed E-state index contributed by atoms with van der Waals surface area (Å²) in [5, 5.41) is 2.74. The van der Waals surface area contributed by atoms with E-state index < -0.39 is 29.4 Å². The van der Waals surface area contributed by atoms with E-state index in [1.165, 1.54) is 0 Å². The van der Waals surface area contributed by atoms with Crippen molar-refractivity contribution in [2.45, 2.75) is 57.7 Å². The van der Waals surface area contributed by atoms with E-state index in [9.17, 15) is 14.4 Å². The lowest BCUT2D eigenvalue weighted by atomic mass is 10.0. The topological polar surface area (TPSA) is 114 Å². The molecule has 0 aliphatic heterocycles. The molecule has 2 atom stereocenters. The molecule has 8 heteroatoms. The first-order chi connectivity index (χ1) is 13.5. The molecule has 0 unspecified atom stereocenters. The number of amides is 1. The molecule has 0 heterocycles. The third kappa shape index (κ3) is 9.27. The highest BCUT2D eigenvalue weighted by atomic mass is 16.6.